The largest absolute Gasteiger partial charge is 0.494 e. The van der Waals surface area contributed by atoms with Gasteiger partial charge in [0.15, 0.2) is 0 Å². The predicted molar refractivity (Wildman–Crippen MR) is 90.6 cm³/mol. The van der Waals surface area contributed by atoms with Crippen LogP contribution in [0, 0.1) is 0 Å². The summed E-state index contributed by atoms with van der Waals surface area (Å²) in [6, 6.07) is 7.78. The number of benzene rings is 1. The highest BCUT2D eigenvalue weighted by atomic mass is 16.5. The predicted octanol–water partition coefficient (Wildman–Crippen LogP) is 1.65. The molecule has 1 aromatic rings. The van der Waals surface area contributed by atoms with Crippen molar-refractivity contribution >= 4 is 5.91 Å². The molecule has 1 unspecified atom stereocenters. The van der Waals surface area contributed by atoms with Gasteiger partial charge >= 0.3 is 0 Å². The van der Waals surface area contributed by atoms with E-state index in [9.17, 15) is 4.79 Å². The number of nitrogens with one attached hydrogen (secondary N) is 1. The molecule has 2 aliphatic heterocycles. The van der Waals surface area contributed by atoms with Gasteiger partial charge in [0.25, 0.3) is 0 Å². The van der Waals surface area contributed by atoms with Crippen molar-refractivity contribution in [3.8, 4) is 5.75 Å². The van der Waals surface area contributed by atoms with Gasteiger partial charge in [-0.1, -0.05) is 18.2 Å². The van der Waals surface area contributed by atoms with Gasteiger partial charge in [-0.2, -0.15) is 0 Å². The Morgan fingerprint density at radius 2 is 1.87 bits per heavy atom. The molecule has 0 radical (unpaired) electrons. The number of piperazine rings is 1. The van der Waals surface area contributed by atoms with Gasteiger partial charge in [-0.3, -0.25) is 9.69 Å². The Balaban J connectivity index is 1.92. The van der Waals surface area contributed by atoms with Crippen LogP contribution < -0.4 is 10.1 Å². The lowest BCUT2D eigenvalue weighted by Crippen LogP contribution is -2.50. The molecule has 2 fully saturated rings. The molecule has 5 nitrogen and oxygen atoms in total. The molecule has 0 spiro atoms. The number of likely N-dealkylation sites (tertiary alicyclic amines) is 1. The van der Waals surface area contributed by atoms with Crippen LogP contribution in [0.4, 0.5) is 0 Å². The zero-order valence-corrected chi connectivity index (χ0v) is 14.0. The third-order valence-electron chi connectivity index (χ3n) is 4.68. The second kappa shape index (κ2) is 7.79. The molecule has 0 bridgehead atoms. The number of para-hydroxylation sites is 1. The first-order valence-electron chi connectivity index (χ1n) is 8.76. The first kappa shape index (κ1) is 16.3. The summed E-state index contributed by atoms with van der Waals surface area (Å²) in [6.45, 7) is 8.02. The van der Waals surface area contributed by atoms with Crippen LogP contribution in [-0.2, 0) is 4.79 Å². The number of carbonyl (C=O) groups is 1. The number of nitrogens with zero attached hydrogens (tertiary/aromatic N) is 2. The molecular formula is C18H27N3O2. The molecule has 2 aliphatic rings. The Morgan fingerprint density at radius 1 is 1.17 bits per heavy atom. The molecule has 23 heavy (non-hydrogen) atoms. The summed E-state index contributed by atoms with van der Waals surface area (Å²) in [5.41, 5.74) is 1.01. The molecule has 2 saturated heterocycles. The van der Waals surface area contributed by atoms with Crippen LogP contribution in [0.1, 0.15) is 31.4 Å². The minimum Gasteiger partial charge on any atom is -0.494 e. The van der Waals surface area contributed by atoms with E-state index in [4.69, 9.17) is 4.74 Å². The summed E-state index contributed by atoms with van der Waals surface area (Å²) in [5, 5.41) is 3.37. The van der Waals surface area contributed by atoms with Gasteiger partial charge in [-0.15, -0.1) is 0 Å². The minimum absolute atomic E-state index is 0.224. The van der Waals surface area contributed by atoms with E-state index in [0.29, 0.717) is 6.61 Å². The Labute approximate surface area is 138 Å². The summed E-state index contributed by atoms with van der Waals surface area (Å²) in [5.74, 6) is 1.07. The van der Waals surface area contributed by atoms with Crippen LogP contribution in [0.2, 0.25) is 0 Å². The van der Waals surface area contributed by atoms with Crippen molar-refractivity contribution in [3.63, 3.8) is 0 Å². The van der Waals surface area contributed by atoms with Gasteiger partial charge in [0.2, 0.25) is 5.91 Å². The minimum atomic E-state index is -0.224. The van der Waals surface area contributed by atoms with E-state index >= 15 is 0 Å². The second-order valence-electron chi connectivity index (χ2n) is 6.19. The molecule has 0 aromatic heterocycles. The summed E-state index contributed by atoms with van der Waals surface area (Å²) < 4.78 is 5.81. The zero-order chi connectivity index (χ0) is 16.1. The second-order valence-corrected chi connectivity index (χ2v) is 6.19. The third-order valence-corrected chi connectivity index (χ3v) is 4.68. The lowest BCUT2D eigenvalue weighted by atomic mass is 10.0. The molecule has 0 saturated carbocycles. The monoisotopic (exact) mass is 317 g/mol. The number of amides is 1. The van der Waals surface area contributed by atoms with E-state index in [2.05, 4.69) is 10.2 Å². The van der Waals surface area contributed by atoms with Gasteiger partial charge in [-0.05, 0) is 25.8 Å². The topological polar surface area (TPSA) is 44.8 Å². The highest BCUT2D eigenvalue weighted by Gasteiger charge is 2.34. The van der Waals surface area contributed by atoms with Crippen molar-refractivity contribution in [2.45, 2.75) is 25.8 Å². The fourth-order valence-corrected chi connectivity index (χ4v) is 3.53. The van der Waals surface area contributed by atoms with Gasteiger partial charge in [0.1, 0.15) is 11.8 Å². The van der Waals surface area contributed by atoms with Crippen LogP contribution in [0.15, 0.2) is 24.3 Å². The molecular weight excluding hydrogens is 290 g/mol. The van der Waals surface area contributed by atoms with E-state index in [1.807, 2.05) is 36.1 Å². The fourth-order valence-electron chi connectivity index (χ4n) is 3.53. The third kappa shape index (κ3) is 3.67. The standard InChI is InChI=1S/C18H27N3O2/c1-2-23-16-8-4-3-7-15(16)17(20-13-9-19-10-14-20)18(22)21-11-5-6-12-21/h3-4,7-8,17,19H,2,5-6,9-14H2,1H3. The summed E-state index contributed by atoms with van der Waals surface area (Å²) >= 11 is 0. The number of ether oxygens (including phenoxy) is 1. The van der Waals surface area contributed by atoms with Crippen LogP contribution in [-0.4, -0.2) is 61.6 Å². The fraction of sp³-hybridized carbons (Fsp3) is 0.611. The van der Waals surface area contributed by atoms with Crippen molar-refractivity contribution in [1.82, 2.24) is 15.1 Å². The van der Waals surface area contributed by atoms with E-state index in [-0.39, 0.29) is 11.9 Å². The molecule has 1 aromatic carbocycles. The highest BCUT2D eigenvalue weighted by Crippen LogP contribution is 2.32. The lowest BCUT2D eigenvalue weighted by molar-refractivity contribution is -0.136. The van der Waals surface area contributed by atoms with Crippen molar-refractivity contribution in [3.05, 3.63) is 29.8 Å². The van der Waals surface area contributed by atoms with Crippen molar-refractivity contribution < 1.29 is 9.53 Å². The molecule has 2 heterocycles. The van der Waals surface area contributed by atoms with Crippen LogP contribution >= 0.6 is 0 Å². The van der Waals surface area contributed by atoms with E-state index in [1.54, 1.807) is 0 Å². The number of hydrogen-bond acceptors (Lipinski definition) is 4. The normalized spacial score (nSPS) is 20.5. The smallest absolute Gasteiger partial charge is 0.244 e. The Morgan fingerprint density at radius 3 is 2.57 bits per heavy atom. The summed E-state index contributed by atoms with van der Waals surface area (Å²) in [7, 11) is 0. The van der Waals surface area contributed by atoms with E-state index in [1.165, 1.54) is 0 Å². The zero-order valence-electron chi connectivity index (χ0n) is 14.0. The van der Waals surface area contributed by atoms with Gasteiger partial charge in [0, 0.05) is 44.8 Å². The molecule has 1 amide bonds. The Hall–Kier alpha value is -1.59. The van der Waals surface area contributed by atoms with Crippen LogP contribution in [0.3, 0.4) is 0 Å². The average Bonchev–Trinajstić information content (AvgIpc) is 3.12. The lowest BCUT2D eigenvalue weighted by Gasteiger charge is -2.36. The SMILES string of the molecule is CCOc1ccccc1C(C(=O)N1CCCC1)N1CCNCC1. The molecule has 126 valence electrons. The van der Waals surface area contributed by atoms with Crippen molar-refractivity contribution in [2.24, 2.45) is 0 Å². The number of rotatable bonds is 5. The van der Waals surface area contributed by atoms with Crippen molar-refractivity contribution in [2.75, 3.05) is 45.9 Å². The van der Waals surface area contributed by atoms with E-state index < -0.39 is 0 Å². The van der Waals surface area contributed by atoms with Crippen LogP contribution in [0.25, 0.3) is 0 Å². The summed E-state index contributed by atoms with van der Waals surface area (Å²) in [6.07, 6.45) is 2.24. The van der Waals surface area contributed by atoms with Gasteiger partial charge in [-0.25, -0.2) is 0 Å². The first-order chi connectivity index (χ1) is 11.3. The van der Waals surface area contributed by atoms with Crippen molar-refractivity contribution in [1.29, 1.82) is 0 Å². The Bertz CT molecular complexity index is 523. The quantitative estimate of drug-likeness (QED) is 0.897. The molecule has 1 atom stereocenters. The maximum Gasteiger partial charge on any atom is 0.244 e. The molecule has 1 N–H and O–H groups in total. The van der Waals surface area contributed by atoms with Gasteiger partial charge in [0.05, 0.1) is 6.61 Å². The molecule has 3 rings (SSSR count). The maximum absolute atomic E-state index is 13.2. The Kier molecular flexibility index (Phi) is 5.51. The van der Waals surface area contributed by atoms with E-state index in [0.717, 1.165) is 63.4 Å². The number of carbonyl (C=O) groups excluding carboxylic acids is 1. The number of hydrogen-bond donors (Lipinski definition) is 1. The molecule has 0 aliphatic carbocycles. The van der Waals surface area contributed by atoms with Gasteiger partial charge < -0.3 is 15.0 Å². The molecule has 5 heteroatoms. The van der Waals surface area contributed by atoms with Crippen LogP contribution in [0.5, 0.6) is 5.75 Å². The maximum atomic E-state index is 13.2. The average molecular weight is 317 g/mol. The first-order valence-corrected chi connectivity index (χ1v) is 8.76. The highest BCUT2D eigenvalue weighted by molar-refractivity contribution is 5.84. The summed E-state index contributed by atoms with van der Waals surface area (Å²) in [4.78, 5) is 17.5.